The van der Waals surface area contributed by atoms with E-state index in [9.17, 15) is 0 Å². The summed E-state index contributed by atoms with van der Waals surface area (Å²) in [6.07, 6.45) is 1.20. The zero-order valence-electron chi connectivity index (χ0n) is 11.7. The first-order chi connectivity index (χ1) is 8.11. The number of rotatable bonds is 7. The van der Waals surface area contributed by atoms with Crippen molar-refractivity contribution in [3.05, 3.63) is 35.4 Å². The second-order valence-corrected chi connectivity index (χ2v) is 4.99. The highest BCUT2D eigenvalue weighted by Gasteiger charge is 2.01. The third-order valence-corrected chi connectivity index (χ3v) is 3.13. The van der Waals surface area contributed by atoms with E-state index in [0.717, 1.165) is 19.6 Å². The normalized spacial score (nSPS) is 13.0. The average Bonchev–Trinajstić information content (AvgIpc) is 2.28. The number of hydrogen-bond acceptors (Lipinski definition) is 2. The molecule has 0 aliphatic carbocycles. The number of aryl methyl sites for hydroxylation is 1. The second-order valence-electron chi connectivity index (χ2n) is 4.99. The predicted molar refractivity (Wildman–Crippen MR) is 75.3 cm³/mol. The van der Waals surface area contributed by atoms with Gasteiger partial charge >= 0.3 is 0 Å². The molecule has 0 saturated heterocycles. The van der Waals surface area contributed by atoms with Gasteiger partial charge in [0.05, 0.1) is 0 Å². The molecular weight excluding hydrogens is 208 g/mol. The van der Waals surface area contributed by atoms with Crippen molar-refractivity contribution in [1.82, 2.24) is 10.2 Å². The lowest BCUT2D eigenvalue weighted by molar-refractivity contribution is 0.317. The maximum absolute atomic E-state index is 3.52. The minimum absolute atomic E-state index is 0.627. The largest absolute Gasteiger partial charge is 0.313 e. The number of hydrogen-bond donors (Lipinski definition) is 1. The zero-order valence-corrected chi connectivity index (χ0v) is 11.7. The molecule has 1 aromatic carbocycles. The highest BCUT2D eigenvalue weighted by molar-refractivity contribution is 5.21. The van der Waals surface area contributed by atoms with Crippen molar-refractivity contribution in [2.24, 2.45) is 0 Å². The first-order valence-electron chi connectivity index (χ1n) is 6.59. The molecule has 1 N–H and O–H groups in total. The lowest BCUT2D eigenvalue weighted by Gasteiger charge is -2.19. The molecule has 2 heteroatoms. The van der Waals surface area contributed by atoms with Crippen molar-refractivity contribution in [3.63, 3.8) is 0 Å². The Hall–Kier alpha value is -0.860. The topological polar surface area (TPSA) is 15.3 Å². The molecule has 0 spiro atoms. The number of benzene rings is 1. The van der Waals surface area contributed by atoms with E-state index in [1.165, 1.54) is 17.5 Å². The molecule has 0 saturated carbocycles. The molecule has 96 valence electrons. The smallest absolute Gasteiger partial charge is 0.0231 e. The summed E-state index contributed by atoms with van der Waals surface area (Å²) in [6, 6.07) is 9.37. The molecule has 0 radical (unpaired) electrons. The van der Waals surface area contributed by atoms with Crippen LogP contribution in [-0.4, -0.2) is 31.1 Å². The minimum atomic E-state index is 0.627. The molecule has 1 unspecified atom stereocenters. The van der Waals surface area contributed by atoms with Crippen LogP contribution in [0.25, 0.3) is 0 Å². The van der Waals surface area contributed by atoms with Crippen LogP contribution in [0.4, 0.5) is 0 Å². The first-order valence-corrected chi connectivity index (χ1v) is 6.59. The van der Waals surface area contributed by atoms with E-state index in [2.05, 4.69) is 62.3 Å². The number of nitrogens with zero attached hydrogens (tertiary/aromatic N) is 1. The molecule has 2 nitrogen and oxygen atoms in total. The molecule has 17 heavy (non-hydrogen) atoms. The molecule has 0 amide bonds. The Morgan fingerprint density at radius 2 is 2.12 bits per heavy atom. The van der Waals surface area contributed by atoms with E-state index < -0.39 is 0 Å². The van der Waals surface area contributed by atoms with Crippen molar-refractivity contribution in [3.8, 4) is 0 Å². The van der Waals surface area contributed by atoms with E-state index in [-0.39, 0.29) is 0 Å². The molecule has 0 bridgehead atoms. The van der Waals surface area contributed by atoms with Gasteiger partial charge in [-0.1, -0.05) is 36.8 Å². The molecule has 0 fully saturated rings. The van der Waals surface area contributed by atoms with Crippen LogP contribution in [0.15, 0.2) is 24.3 Å². The van der Waals surface area contributed by atoms with Crippen molar-refractivity contribution in [1.29, 1.82) is 0 Å². The van der Waals surface area contributed by atoms with E-state index in [1.807, 2.05) is 0 Å². The summed E-state index contributed by atoms with van der Waals surface area (Å²) in [7, 11) is 2.18. The van der Waals surface area contributed by atoms with Crippen LogP contribution < -0.4 is 5.32 Å². The lowest BCUT2D eigenvalue weighted by Crippen LogP contribution is -2.33. The molecule has 0 aromatic heterocycles. The Labute approximate surface area is 106 Å². The lowest BCUT2D eigenvalue weighted by atomic mass is 10.1. The fraction of sp³-hybridized carbons (Fsp3) is 0.600. The van der Waals surface area contributed by atoms with Crippen molar-refractivity contribution in [2.45, 2.75) is 39.8 Å². The van der Waals surface area contributed by atoms with Crippen LogP contribution in [0.1, 0.15) is 31.4 Å². The van der Waals surface area contributed by atoms with Crippen LogP contribution in [0.2, 0.25) is 0 Å². The van der Waals surface area contributed by atoms with Gasteiger partial charge in [0.2, 0.25) is 0 Å². The van der Waals surface area contributed by atoms with Gasteiger partial charge in [0.1, 0.15) is 0 Å². The number of likely N-dealkylation sites (N-methyl/N-ethyl adjacent to an activating group) is 1. The maximum Gasteiger partial charge on any atom is 0.0231 e. The van der Waals surface area contributed by atoms with Gasteiger partial charge in [-0.25, -0.2) is 0 Å². The fourth-order valence-electron chi connectivity index (χ4n) is 1.85. The second kappa shape index (κ2) is 7.46. The Kier molecular flexibility index (Phi) is 6.23. The Balaban J connectivity index is 2.27. The molecule has 1 aromatic rings. The number of nitrogens with one attached hydrogen (secondary N) is 1. The summed E-state index contributed by atoms with van der Waals surface area (Å²) in [5.74, 6) is 0. The third-order valence-electron chi connectivity index (χ3n) is 3.13. The van der Waals surface area contributed by atoms with E-state index >= 15 is 0 Å². The van der Waals surface area contributed by atoms with E-state index in [1.54, 1.807) is 0 Å². The van der Waals surface area contributed by atoms with E-state index in [4.69, 9.17) is 0 Å². The Morgan fingerprint density at radius 1 is 1.35 bits per heavy atom. The molecule has 0 heterocycles. The van der Waals surface area contributed by atoms with Crippen LogP contribution in [0.5, 0.6) is 0 Å². The van der Waals surface area contributed by atoms with Gasteiger partial charge in [-0.2, -0.15) is 0 Å². The van der Waals surface area contributed by atoms with Gasteiger partial charge < -0.3 is 10.2 Å². The highest BCUT2D eigenvalue weighted by Crippen LogP contribution is 2.06. The summed E-state index contributed by atoms with van der Waals surface area (Å²) >= 11 is 0. The summed E-state index contributed by atoms with van der Waals surface area (Å²) in [5, 5.41) is 3.52. The quantitative estimate of drug-likeness (QED) is 0.780. The SMILES string of the molecule is CCC(C)NCCN(C)Cc1cccc(C)c1. The van der Waals surface area contributed by atoms with Gasteiger partial charge in [0, 0.05) is 25.7 Å². The molecule has 1 atom stereocenters. The zero-order chi connectivity index (χ0) is 12.7. The first kappa shape index (κ1) is 14.2. The summed E-state index contributed by atoms with van der Waals surface area (Å²) < 4.78 is 0. The molecular formula is C15H26N2. The maximum atomic E-state index is 3.52. The van der Waals surface area contributed by atoms with Crippen LogP contribution in [-0.2, 0) is 6.54 Å². The fourth-order valence-corrected chi connectivity index (χ4v) is 1.85. The Bertz CT molecular complexity index is 322. The van der Waals surface area contributed by atoms with Crippen LogP contribution in [0, 0.1) is 6.92 Å². The minimum Gasteiger partial charge on any atom is -0.313 e. The Morgan fingerprint density at radius 3 is 2.76 bits per heavy atom. The summed E-state index contributed by atoms with van der Waals surface area (Å²) in [4.78, 5) is 2.37. The summed E-state index contributed by atoms with van der Waals surface area (Å²) in [5.41, 5.74) is 2.74. The highest BCUT2D eigenvalue weighted by atomic mass is 15.1. The summed E-state index contributed by atoms with van der Waals surface area (Å²) in [6.45, 7) is 9.79. The van der Waals surface area contributed by atoms with Gasteiger partial charge in [0.25, 0.3) is 0 Å². The predicted octanol–water partition coefficient (Wildman–Crippen LogP) is 2.81. The van der Waals surface area contributed by atoms with Crippen LogP contribution >= 0.6 is 0 Å². The van der Waals surface area contributed by atoms with Gasteiger partial charge in [-0.15, -0.1) is 0 Å². The van der Waals surface area contributed by atoms with Crippen molar-refractivity contribution in [2.75, 3.05) is 20.1 Å². The third kappa shape index (κ3) is 5.85. The van der Waals surface area contributed by atoms with Crippen molar-refractivity contribution < 1.29 is 0 Å². The van der Waals surface area contributed by atoms with E-state index in [0.29, 0.717) is 6.04 Å². The molecule has 0 aliphatic heterocycles. The monoisotopic (exact) mass is 234 g/mol. The van der Waals surface area contributed by atoms with Gasteiger partial charge in [-0.05, 0) is 32.9 Å². The van der Waals surface area contributed by atoms with Crippen molar-refractivity contribution >= 4 is 0 Å². The van der Waals surface area contributed by atoms with Gasteiger partial charge in [-0.3, -0.25) is 0 Å². The molecule has 1 rings (SSSR count). The molecule has 0 aliphatic rings. The van der Waals surface area contributed by atoms with Gasteiger partial charge in [0.15, 0.2) is 0 Å². The average molecular weight is 234 g/mol. The van der Waals surface area contributed by atoms with Crippen LogP contribution in [0.3, 0.4) is 0 Å². The standard InChI is InChI=1S/C15H26N2/c1-5-14(3)16-9-10-17(4)12-15-8-6-7-13(2)11-15/h6-8,11,14,16H,5,9-10,12H2,1-4H3.